The van der Waals surface area contributed by atoms with Gasteiger partial charge in [-0.05, 0) is 43.3 Å². The minimum absolute atomic E-state index is 0.167. The lowest BCUT2D eigenvalue weighted by Gasteiger charge is -2.37. The highest BCUT2D eigenvalue weighted by molar-refractivity contribution is 8.00. The third kappa shape index (κ3) is 4.65. The van der Waals surface area contributed by atoms with Gasteiger partial charge < -0.3 is 14.4 Å². The van der Waals surface area contributed by atoms with Crippen LogP contribution >= 0.6 is 23.1 Å². The molecule has 3 heterocycles. The van der Waals surface area contributed by atoms with E-state index in [1.54, 1.807) is 23.1 Å². The SMILES string of the molecule is C[C@H](Sc1nnc(Cc2cccs2)n1C1CC1)C(=O)N1CCN(c2ccccc2)CC1. The highest BCUT2D eigenvalue weighted by Crippen LogP contribution is 2.40. The first-order valence-corrected chi connectivity index (χ1v) is 12.7. The lowest BCUT2D eigenvalue weighted by molar-refractivity contribution is -0.130. The van der Waals surface area contributed by atoms with E-state index in [4.69, 9.17) is 0 Å². The Morgan fingerprint density at radius 3 is 2.55 bits per heavy atom. The van der Waals surface area contributed by atoms with Crippen LogP contribution in [0.1, 0.15) is 36.5 Å². The summed E-state index contributed by atoms with van der Waals surface area (Å²) in [5.41, 5.74) is 1.23. The molecule has 1 aliphatic carbocycles. The molecule has 2 aromatic heterocycles. The first-order valence-electron chi connectivity index (χ1n) is 10.9. The molecule has 1 aromatic carbocycles. The van der Waals surface area contributed by atoms with Crippen LogP contribution in [0.25, 0.3) is 0 Å². The van der Waals surface area contributed by atoms with Gasteiger partial charge in [-0.2, -0.15) is 0 Å². The lowest BCUT2D eigenvalue weighted by Crippen LogP contribution is -2.50. The number of nitrogens with zero attached hydrogens (tertiary/aromatic N) is 5. The van der Waals surface area contributed by atoms with Crippen molar-refractivity contribution >= 4 is 34.7 Å². The van der Waals surface area contributed by atoms with Crippen LogP contribution in [0.15, 0.2) is 53.0 Å². The van der Waals surface area contributed by atoms with Gasteiger partial charge in [-0.1, -0.05) is 36.0 Å². The van der Waals surface area contributed by atoms with Gasteiger partial charge in [0.15, 0.2) is 5.16 Å². The second-order valence-electron chi connectivity index (χ2n) is 8.16. The molecule has 1 saturated heterocycles. The number of thiophene rings is 1. The van der Waals surface area contributed by atoms with Crippen molar-refractivity contribution in [2.45, 2.75) is 42.6 Å². The molecule has 31 heavy (non-hydrogen) atoms. The van der Waals surface area contributed by atoms with Crippen LogP contribution in [-0.4, -0.2) is 57.0 Å². The summed E-state index contributed by atoms with van der Waals surface area (Å²) >= 11 is 3.31. The predicted molar refractivity (Wildman–Crippen MR) is 126 cm³/mol. The molecule has 162 valence electrons. The van der Waals surface area contributed by atoms with Crippen molar-refractivity contribution in [2.75, 3.05) is 31.1 Å². The summed E-state index contributed by atoms with van der Waals surface area (Å²) in [6.45, 7) is 5.27. The average molecular weight is 454 g/mol. The van der Waals surface area contributed by atoms with Crippen LogP contribution in [0.4, 0.5) is 5.69 Å². The van der Waals surface area contributed by atoms with Gasteiger partial charge >= 0.3 is 0 Å². The largest absolute Gasteiger partial charge is 0.368 e. The number of carbonyl (C=O) groups excluding carboxylic acids is 1. The van der Waals surface area contributed by atoms with Gasteiger partial charge in [-0.25, -0.2) is 0 Å². The van der Waals surface area contributed by atoms with Gasteiger partial charge in [0.05, 0.1) is 5.25 Å². The van der Waals surface area contributed by atoms with Gasteiger partial charge in [0.25, 0.3) is 0 Å². The number of amides is 1. The Kier molecular flexibility index (Phi) is 6.00. The van der Waals surface area contributed by atoms with Crippen molar-refractivity contribution in [3.8, 4) is 0 Å². The molecule has 6 nitrogen and oxygen atoms in total. The molecule has 8 heteroatoms. The van der Waals surface area contributed by atoms with E-state index in [1.807, 2.05) is 17.9 Å². The third-order valence-electron chi connectivity index (χ3n) is 5.90. The fourth-order valence-corrected chi connectivity index (χ4v) is 5.79. The zero-order valence-electron chi connectivity index (χ0n) is 17.7. The van der Waals surface area contributed by atoms with Gasteiger partial charge in [0.1, 0.15) is 5.82 Å². The first-order chi connectivity index (χ1) is 15.2. The number of thioether (sulfide) groups is 1. The van der Waals surface area contributed by atoms with Crippen molar-refractivity contribution in [1.29, 1.82) is 0 Å². The topological polar surface area (TPSA) is 54.3 Å². The van der Waals surface area contributed by atoms with Gasteiger partial charge in [0, 0.05) is 49.2 Å². The molecule has 2 fully saturated rings. The molecule has 1 atom stereocenters. The number of carbonyl (C=O) groups is 1. The highest BCUT2D eigenvalue weighted by Gasteiger charge is 2.32. The maximum atomic E-state index is 13.1. The molecule has 1 amide bonds. The summed E-state index contributed by atoms with van der Waals surface area (Å²) < 4.78 is 2.28. The molecule has 2 aliphatic rings. The van der Waals surface area contributed by atoms with E-state index in [0.29, 0.717) is 6.04 Å². The summed E-state index contributed by atoms with van der Waals surface area (Å²) in [4.78, 5) is 18.8. The number of anilines is 1. The van der Waals surface area contributed by atoms with Crippen LogP contribution in [0.3, 0.4) is 0 Å². The molecular formula is C23H27N5OS2. The van der Waals surface area contributed by atoms with E-state index in [9.17, 15) is 4.79 Å². The Balaban J connectivity index is 1.22. The molecule has 1 aliphatic heterocycles. The third-order valence-corrected chi connectivity index (χ3v) is 7.82. The molecule has 0 N–H and O–H groups in total. The number of hydrogen-bond donors (Lipinski definition) is 0. The summed E-state index contributed by atoms with van der Waals surface area (Å²) in [6, 6.07) is 15.1. The summed E-state index contributed by atoms with van der Waals surface area (Å²) in [5.74, 6) is 1.21. The summed E-state index contributed by atoms with van der Waals surface area (Å²) in [6.07, 6.45) is 3.16. The van der Waals surface area contributed by atoms with Gasteiger partial charge in [-0.3, -0.25) is 4.79 Å². The molecule has 0 unspecified atom stereocenters. The second kappa shape index (κ2) is 9.04. The Labute approximate surface area is 191 Å². The molecule has 1 saturated carbocycles. The Morgan fingerprint density at radius 2 is 1.87 bits per heavy atom. The Bertz CT molecular complexity index is 1010. The fourth-order valence-electron chi connectivity index (χ4n) is 4.07. The molecule has 0 radical (unpaired) electrons. The normalized spacial score (nSPS) is 17.7. The van der Waals surface area contributed by atoms with E-state index in [1.165, 1.54) is 23.4 Å². The van der Waals surface area contributed by atoms with Crippen molar-refractivity contribution in [3.63, 3.8) is 0 Å². The van der Waals surface area contributed by atoms with E-state index in [0.717, 1.165) is 43.6 Å². The van der Waals surface area contributed by atoms with Crippen molar-refractivity contribution in [1.82, 2.24) is 19.7 Å². The fraction of sp³-hybridized carbons (Fsp3) is 0.435. The molecule has 0 spiro atoms. The van der Waals surface area contributed by atoms with E-state index in [-0.39, 0.29) is 11.2 Å². The predicted octanol–water partition coefficient (Wildman–Crippen LogP) is 4.09. The van der Waals surface area contributed by atoms with E-state index < -0.39 is 0 Å². The number of hydrogen-bond acceptors (Lipinski definition) is 6. The van der Waals surface area contributed by atoms with E-state index >= 15 is 0 Å². The smallest absolute Gasteiger partial charge is 0.236 e. The van der Waals surface area contributed by atoms with Crippen molar-refractivity contribution < 1.29 is 4.79 Å². The lowest BCUT2D eigenvalue weighted by atomic mass is 10.2. The van der Waals surface area contributed by atoms with Gasteiger partial charge in [0.2, 0.25) is 5.91 Å². The molecule has 5 rings (SSSR count). The number of piperazine rings is 1. The standard InChI is InChI=1S/C23H27N5OS2/c1-17(22(29)27-13-11-26(12-14-27)18-6-3-2-4-7-18)31-23-25-24-21(28(23)19-9-10-19)16-20-8-5-15-30-20/h2-8,15,17,19H,9-14,16H2,1H3/t17-/m0/s1. The number of para-hydroxylation sites is 1. The van der Waals surface area contributed by atoms with E-state index in [2.05, 4.69) is 61.4 Å². The van der Waals surface area contributed by atoms with Crippen LogP contribution in [0.5, 0.6) is 0 Å². The highest BCUT2D eigenvalue weighted by atomic mass is 32.2. The number of aromatic nitrogens is 3. The summed E-state index contributed by atoms with van der Waals surface area (Å²) in [7, 11) is 0. The number of rotatable bonds is 7. The Morgan fingerprint density at radius 1 is 1.10 bits per heavy atom. The zero-order chi connectivity index (χ0) is 21.2. The Hall–Kier alpha value is -2.32. The monoisotopic (exact) mass is 453 g/mol. The van der Waals surface area contributed by atoms with Crippen molar-refractivity contribution in [3.05, 3.63) is 58.5 Å². The van der Waals surface area contributed by atoms with Gasteiger partial charge in [-0.15, -0.1) is 21.5 Å². The maximum absolute atomic E-state index is 13.1. The molecule has 0 bridgehead atoms. The maximum Gasteiger partial charge on any atom is 0.236 e. The van der Waals surface area contributed by atoms with Crippen LogP contribution in [0, 0.1) is 0 Å². The zero-order valence-corrected chi connectivity index (χ0v) is 19.3. The summed E-state index contributed by atoms with van der Waals surface area (Å²) in [5, 5.41) is 11.8. The van der Waals surface area contributed by atoms with Crippen LogP contribution in [0.2, 0.25) is 0 Å². The average Bonchev–Trinajstić information content (AvgIpc) is 3.37. The minimum Gasteiger partial charge on any atom is -0.368 e. The minimum atomic E-state index is -0.167. The quantitative estimate of drug-likeness (QED) is 0.504. The number of benzene rings is 1. The van der Waals surface area contributed by atoms with Crippen LogP contribution in [-0.2, 0) is 11.2 Å². The van der Waals surface area contributed by atoms with Crippen molar-refractivity contribution in [2.24, 2.45) is 0 Å². The molecule has 3 aromatic rings. The first kappa shape index (κ1) is 20.6. The van der Waals surface area contributed by atoms with Crippen LogP contribution < -0.4 is 4.90 Å². The second-order valence-corrected chi connectivity index (χ2v) is 10.5. The molecular weight excluding hydrogens is 426 g/mol.